The second kappa shape index (κ2) is 9.52. The summed E-state index contributed by atoms with van der Waals surface area (Å²) in [6.45, 7) is 0.966. The number of oxazole rings is 1. The number of para-hydroxylation sites is 1. The zero-order valence-electron chi connectivity index (χ0n) is 18.7. The van der Waals surface area contributed by atoms with Crippen LogP contribution in [0.3, 0.4) is 0 Å². The van der Waals surface area contributed by atoms with Gasteiger partial charge in [0.2, 0.25) is 26.6 Å². The molecule has 1 aliphatic heterocycles. The maximum Gasteiger partial charge on any atom is 0.234 e. The fourth-order valence-electron chi connectivity index (χ4n) is 3.66. The van der Waals surface area contributed by atoms with Crippen molar-refractivity contribution in [3.05, 3.63) is 77.3 Å². The summed E-state index contributed by atoms with van der Waals surface area (Å²) in [7, 11) is -2.58. The molecular formula is C25H21ClN2O6S. The first-order valence-electron chi connectivity index (χ1n) is 10.7. The zero-order chi connectivity index (χ0) is 24.4. The van der Waals surface area contributed by atoms with Gasteiger partial charge in [0, 0.05) is 17.6 Å². The maximum absolute atomic E-state index is 13.7. The first-order chi connectivity index (χ1) is 17.0. The van der Waals surface area contributed by atoms with Crippen LogP contribution in [0.5, 0.6) is 17.2 Å². The Morgan fingerprint density at radius 3 is 2.54 bits per heavy atom. The zero-order valence-corrected chi connectivity index (χ0v) is 20.2. The van der Waals surface area contributed by atoms with E-state index in [1.165, 1.54) is 19.2 Å². The Morgan fingerprint density at radius 1 is 1.00 bits per heavy atom. The molecule has 35 heavy (non-hydrogen) atoms. The highest BCUT2D eigenvalue weighted by atomic mass is 35.5. The summed E-state index contributed by atoms with van der Waals surface area (Å²) in [4.78, 5) is 4.38. The van der Waals surface area contributed by atoms with Gasteiger partial charge in [-0.05, 0) is 35.9 Å². The summed E-state index contributed by atoms with van der Waals surface area (Å²) in [6, 6.07) is 18.8. The van der Waals surface area contributed by atoms with Crippen LogP contribution in [0.2, 0.25) is 5.02 Å². The third-order valence-electron chi connectivity index (χ3n) is 5.41. The van der Waals surface area contributed by atoms with Crippen molar-refractivity contribution in [2.75, 3.05) is 25.6 Å². The molecule has 4 aromatic rings. The van der Waals surface area contributed by atoms with Gasteiger partial charge >= 0.3 is 0 Å². The van der Waals surface area contributed by atoms with Crippen molar-refractivity contribution in [3.63, 3.8) is 0 Å². The minimum Gasteiger partial charge on any atom is -0.496 e. The Kier molecular flexibility index (Phi) is 6.27. The average Bonchev–Trinajstić information content (AvgIpc) is 3.33. The van der Waals surface area contributed by atoms with Gasteiger partial charge in [-0.1, -0.05) is 41.9 Å². The van der Waals surface area contributed by atoms with Crippen molar-refractivity contribution in [1.29, 1.82) is 0 Å². The number of methoxy groups -OCH3 is 1. The minimum atomic E-state index is -4.10. The Bertz CT molecular complexity index is 1490. The van der Waals surface area contributed by atoms with Gasteiger partial charge in [0.25, 0.3) is 0 Å². The molecule has 0 saturated heterocycles. The predicted octanol–water partition coefficient (Wildman–Crippen LogP) is 5.22. The summed E-state index contributed by atoms with van der Waals surface area (Å²) < 4.78 is 49.8. The lowest BCUT2D eigenvalue weighted by Crippen LogP contribution is -2.16. The van der Waals surface area contributed by atoms with Gasteiger partial charge in [-0.25, -0.2) is 8.42 Å². The molecule has 3 aromatic carbocycles. The van der Waals surface area contributed by atoms with Crippen LogP contribution in [0.4, 0.5) is 5.88 Å². The van der Waals surface area contributed by atoms with E-state index >= 15 is 0 Å². The number of hydrogen-bond acceptors (Lipinski definition) is 8. The maximum atomic E-state index is 13.7. The average molecular weight is 513 g/mol. The van der Waals surface area contributed by atoms with Gasteiger partial charge in [0.15, 0.2) is 11.5 Å². The van der Waals surface area contributed by atoms with Crippen LogP contribution >= 0.6 is 11.6 Å². The lowest BCUT2D eigenvalue weighted by atomic mass is 10.2. The summed E-state index contributed by atoms with van der Waals surface area (Å²) >= 11 is 6.28. The third-order valence-corrected chi connectivity index (χ3v) is 7.44. The standard InChI is InChI=1S/C25H21ClN2O6S/c1-31-20-9-5-3-7-18(20)23-28-25(24(34-23)27-15-16-6-2-4-8-19(16)26)35(29,30)17-10-11-21-22(14-17)33-13-12-32-21/h2-11,14,27H,12-13,15H2,1H3. The van der Waals surface area contributed by atoms with E-state index in [-0.39, 0.29) is 28.2 Å². The molecule has 5 rings (SSSR count). The lowest BCUT2D eigenvalue weighted by molar-refractivity contribution is 0.171. The number of halogens is 1. The number of fused-ring (bicyclic) bond motifs is 1. The van der Waals surface area contributed by atoms with Crippen LogP contribution in [-0.2, 0) is 16.4 Å². The van der Waals surface area contributed by atoms with E-state index in [0.717, 1.165) is 5.56 Å². The largest absolute Gasteiger partial charge is 0.496 e. The molecule has 1 N–H and O–H groups in total. The summed E-state index contributed by atoms with van der Waals surface area (Å²) in [6.07, 6.45) is 0. The SMILES string of the molecule is COc1ccccc1-c1nc(S(=O)(=O)c2ccc3c(c2)OCCO3)c(NCc2ccccc2Cl)o1. The van der Waals surface area contributed by atoms with Crippen LogP contribution in [-0.4, -0.2) is 33.7 Å². The molecule has 0 unspecified atom stereocenters. The van der Waals surface area contributed by atoms with Gasteiger partial charge in [0.1, 0.15) is 19.0 Å². The van der Waals surface area contributed by atoms with Gasteiger partial charge in [-0.2, -0.15) is 4.98 Å². The second-order valence-corrected chi connectivity index (χ2v) is 9.88. The Hall–Kier alpha value is -3.69. The molecule has 0 radical (unpaired) electrons. The molecule has 10 heteroatoms. The van der Waals surface area contributed by atoms with Crippen molar-refractivity contribution < 1.29 is 27.0 Å². The smallest absolute Gasteiger partial charge is 0.234 e. The predicted molar refractivity (Wildman–Crippen MR) is 130 cm³/mol. The van der Waals surface area contributed by atoms with Crippen LogP contribution < -0.4 is 19.5 Å². The number of nitrogens with zero attached hydrogens (tertiary/aromatic N) is 1. The molecule has 1 aromatic heterocycles. The quantitative estimate of drug-likeness (QED) is 0.360. The number of benzene rings is 3. The number of rotatable bonds is 7. The lowest BCUT2D eigenvalue weighted by Gasteiger charge is -2.18. The number of anilines is 1. The fraction of sp³-hybridized carbons (Fsp3) is 0.160. The number of sulfone groups is 1. The normalized spacial score (nSPS) is 12.9. The number of nitrogens with one attached hydrogen (secondary N) is 1. The molecule has 0 fully saturated rings. The fourth-order valence-corrected chi connectivity index (χ4v) is 5.15. The van der Waals surface area contributed by atoms with Gasteiger partial charge in [0.05, 0.1) is 17.6 Å². The monoisotopic (exact) mass is 512 g/mol. The number of aromatic nitrogens is 1. The molecule has 0 amide bonds. The molecule has 0 aliphatic carbocycles. The molecule has 0 spiro atoms. The Morgan fingerprint density at radius 2 is 1.74 bits per heavy atom. The molecule has 1 aliphatic rings. The number of ether oxygens (including phenoxy) is 3. The molecule has 0 bridgehead atoms. The van der Waals surface area contributed by atoms with Crippen LogP contribution in [0, 0.1) is 0 Å². The molecule has 8 nitrogen and oxygen atoms in total. The third kappa shape index (κ3) is 4.52. The van der Waals surface area contributed by atoms with E-state index in [0.29, 0.717) is 41.0 Å². The highest BCUT2D eigenvalue weighted by Crippen LogP contribution is 2.38. The Balaban J connectivity index is 1.59. The van der Waals surface area contributed by atoms with E-state index in [2.05, 4.69) is 10.3 Å². The molecule has 180 valence electrons. The van der Waals surface area contributed by atoms with E-state index < -0.39 is 9.84 Å². The summed E-state index contributed by atoms with van der Waals surface area (Å²) in [5.74, 6) is 1.43. The minimum absolute atomic E-state index is 0.00224. The van der Waals surface area contributed by atoms with Crippen molar-refractivity contribution in [2.45, 2.75) is 16.5 Å². The molecule has 0 saturated carbocycles. The van der Waals surface area contributed by atoms with Crippen LogP contribution in [0.25, 0.3) is 11.5 Å². The molecule has 2 heterocycles. The van der Waals surface area contributed by atoms with Crippen molar-refractivity contribution >= 4 is 27.3 Å². The van der Waals surface area contributed by atoms with Gasteiger partial charge in [-0.15, -0.1) is 0 Å². The summed E-state index contributed by atoms with van der Waals surface area (Å²) in [5, 5.41) is 3.33. The highest BCUT2D eigenvalue weighted by molar-refractivity contribution is 7.91. The van der Waals surface area contributed by atoms with Crippen molar-refractivity contribution in [3.8, 4) is 28.7 Å². The van der Waals surface area contributed by atoms with Gasteiger partial charge in [-0.3, -0.25) is 0 Å². The van der Waals surface area contributed by atoms with Crippen molar-refractivity contribution in [2.24, 2.45) is 0 Å². The topological polar surface area (TPSA) is 99.9 Å². The van der Waals surface area contributed by atoms with E-state index in [1.807, 2.05) is 18.2 Å². The Labute approximate surface area is 207 Å². The van der Waals surface area contributed by atoms with E-state index in [1.54, 1.807) is 36.4 Å². The number of hydrogen-bond donors (Lipinski definition) is 1. The first-order valence-corrected chi connectivity index (χ1v) is 12.6. The van der Waals surface area contributed by atoms with Crippen LogP contribution in [0.15, 0.2) is 81.1 Å². The highest BCUT2D eigenvalue weighted by Gasteiger charge is 2.30. The van der Waals surface area contributed by atoms with E-state index in [9.17, 15) is 8.42 Å². The van der Waals surface area contributed by atoms with Gasteiger partial charge < -0.3 is 23.9 Å². The van der Waals surface area contributed by atoms with Crippen LogP contribution in [0.1, 0.15) is 5.56 Å². The summed E-state index contributed by atoms with van der Waals surface area (Å²) in [5.41, 5.74) is 1.28. The second-order valence-electron chi connectivity index (χ2n) is 7.61. The van der Waals surface area contributed by atoms with E-state index in [4.69, 9.17) is 30.2 Å². The molecule has 0 atom stereocenters. The molecular weight excluding hydrogens is 492 g/mol. The van der Waals surface area contributed by atoms with Crippen molar-refractivity contribution in [1.82, 2.24) is 4.98 Å². The first kappa shape index (κ1) is 23.1.